The van der Waals surface area contributed by atoms with Crippen molar-refractivity contribution in [3.8, 4) is 0 Å². The van der Waals surface area contributed by atoms with E-state index in [-0.39, 0.29) is 0 Å². The van der Waals surface area contributed by atoms with Crippen molar-refractivity contribution in [1.29, 1.82) is 0 Å². The van der Waals surface area contributed by atoms with Crippen LogP contribution in [0, 0.1) is 6.92 Å². The summed E-state index contributed by atoms with van der Waals surface area (Å²) in [6, 6.07) is 2.28. The van der Waals surface area contributed by atoms with E-state index in [4.69, 9.17) is 0 Å². The lowest BCUT2D eigenvalue weighted by molar-refractivity contribution is 1.11. The molecule has 0 bridgehead atoms. The number of thiophene rings is 1. The van der Waals surface area contributed by atoms with Gasteiger partial charge in [-0.25, -0.2) is 0 Å². The van der Waals surface area contributed by atoms with E-state index in [2.05, 4.69) is 32.2 Å². The Balaban J connectivity index is 2.39. The van der Waals surface area contributed by atoms with Crippen molar-refractivity contribution in [3.63, 3.8) is 0 Å². The van der Waals surface area contributed by atoms with Crippen LogP contribution in [0.15, 0.2) is 11.4 Å². The average molecular weight is 186 g/mol. The molecule has 0 aromatic carbocycles. The minimum absolute atomic E-state index is 0.748. The monoisotopic (exact) mass is 186 g/mol. The minimum Gasteiger partial charge on any atom is -0.154 e. The topological polar surface area (TPSA) is 0 Å². The summed E-state index contributed by atoms with van der Waals surface area (Å²) in [7, 11) is 0. The Bertz CT molecular complexity index is 213. The number of rotatable bonds is 3. The minimum atomic E-state index is 0.748. The van der Waals surface area contributed by atoms with Crippen molar-refractivity contribution in [2.75, 3.05) is 0 Å². The van der Waals surface area contributed by atoms with Crippen LogP contribution < -0.4 is 0 Å². The molecule has 0 saturated heterocycles. The average Bonchev–Trinajstić information content (AvgIpc) is 2.31. The molecular formula is C9H14S2. The van der Waals surface area contributed by atoms with E-state index in [0.29, 0.717) is 0 Å². The quantitative estimate of drug-likeness (QED) is 0.693. The molecule has 2 heteroatoms. The second kappa shape index (κ2) is 4.17. The molecule has 0 fully saturated rings. The van der Waals surface area contributed by atoms with Crippen LogP contribution in [0.25, 0.3) is 0 Å². The summed E-state index contributed by atoms with van der Waals surface area (Å²) in [5.74, 6) is 1.18. The van der Waals surface area contributed by atoms with Crippen molar-refractivity contribution in [2.45, 2.75) is 31.8 Å². The van der Waals surface area contributed by atoms with Crippen LogP contribution in [0.4, 0.5) is 0 Å². The van der Waals surface area contributed by atoms with E-state index < -0.39 is 0 Å². The van der Waals surface area contributed by atoms with Crippen molar-refractivity contribution in [3.05, 3.63) is 21.9 Å². The first-order valence-corrected chi connectivity index (χ1v) is 5.77. The lowest BCUT2D eigenvalue weighted by Gasteiger charge is -2.00. The predicted molar refractivity (Wildman–Crippen MR) is 55.5 cm³/mol. The molecule has 11 heavy (non-hydrogen) atoms. The van der Waals surface area contributed by atoms with Crippen molar-refractivity contribution in [2.24, 2.45) is 0 Å². The molecule has 0 unspecified atom stereocenters. The van der Waals surface area contributed by atoms with Gasteiger partial charge in [0.05, 0.1) is 0 Å². The van der Waals surface area contributed by atoms with Crippen LogP contribution >= 0.6 is 23.1 Å². The molecule has 0 nitrogen and oxygen atoms in total. The lowest BCUT2D eigenvalue weighted by Crippen LogP contribution is -1.86. The first-order valence-electron chi connectivity index (χ1n) is 3.84. The zero-order valence-corrected chi connectivity index (χ0v) is 8.89. The van der Waals surface area contributed by atoms with Gasteiger partial charge in [0, 0.05) is 10.6 Å². The molecule has 0 aliphatic rings. The predicted octanol–water partition coefficient (Wildman–Crippen LogP) is 3.70. The highest BCUT2D eigenvalue weighted by Gasteiger charge is 1.98. The zero-order valence-electron chi connectivity index (χ0n) is 7.26. The molecule has 0 radical (unpaired) electrons. The smallest absolute Gasteiger partial charge is 0.0281 e. The SMILES string of the molecule is Cc1csc(CSC(C)C)c1. The fraction of sp³-hybridized carbons (Fsp3) is 0.556. The summed E-state index contributed by atoms with van der Waals surface area (Å²) in [4.78, 5) is 1.50. The van der Waals surface area contributed by atoms with E-state index in [1.54, 1.807) is 0 Å². The summed E-state index contributed by atoms with van der Waals surface area (Å²) >= 11 is 3.88. The van der Waals surface area contributed by atoms with Gasteiger partial charge in [-0.2, -0.15) is 11.8 Å². The highest BCUT2D eigenvalue weighted by Crippen LogP contribution is 2.22. The summed E-state index contributed by atoms with van der Waals surface area (Å²) in [5.41, 5.74) is 1.40. The molecule has 0 aliphatic carbocycles. The maximum absolute atomic E-state index is 2.28. The third kappa shape index (κ3) is 3.30. The summed E-state index contributed by atoms with van der Waals surface area (Å²) in [6.45, 7) is 6.64. The summed E-state index contributed by atoms with van der Waals surface area (Å²) < 4.78 is 0. The number of aryl methyl sites for hydroxylation is 1. The molecule has 1 heterocycles. The number of thioether (sulfide) groups is 1. The molecule has 0 saturated carbocycles. The van der Waals surface area contributed by atoms with Gasteiger partial charge < -0.3 is 0 Å². The van der Waals surface area contributed by atoms with Crippen LogP contribution in [0.2, 0.25) is 0 Å². The van der Waals surface area contributed by atoms with Gasteiger partial charge in [0.2, 0.25) is 0 Å². The maximum Gasteiger partial charge on any atom is 0.0281 e. The molecule has 1 aromatic heterocycles. The van der Waals surface area contributed by atoms with Gasteiger partial charge in [0.25, 0.3) is 0 Å². The third-order valence-electron chi connectivity index (χ3n) is 1.34. The Kier molecular flexibility index (Phi) is 3.46. The molecule has 1 aromatic rings. The molecule has 62 valence electrons. The summed E-state index contributed by atoms with van der Waals surface area (Å²) in [6.07, 6.45) is 0. The highest BCUT2D eigenvalue weighted by molar-refractivity contribution is 7.99. The van der Waals surface area contributed by atoms with Crippen molar-refractivity contribution in [1.82, 2.24) is 0 Å². The van der Waals surface area contributed by atoms with Crippen molar-refractivity contribution >= 4 is 23.1 Å². The van der Waals surface area contributed by atoms with E-state index in [1.165, 1.54) is 16.2 Å². The van der Waals surface area contributed by atoms with Gasteiger partial charge in [-0.1, -0.05) is 13.8 Å². The van der Waals surface area contributed by atoms with Gasteiger partial charge >= 0.3 is 0 Å². The second-order valence-corrected chi connectivity index (χ2v) is 5.51. The Morgan fingerprint density at radius 2 is 2.27 bits per heavy atom. The molecule has 0 spiro atoms. The molecule has 0 amide bonds. The number of hydrogen-bond donors (Lipinski definition) is 0. The van der Waals surface area contributed by atoms with Gasteiger partial charge in [0.1, 0.15) is 0 Å². The maximum atomic E-state index is 2.28. The van der Waals surface area contributed by atoms with E-state index in [1.807, 2.05) is 23.1 Å². The summed E-state index contributed by atoms with van der Waals surface area (Å²) in [5, 5.41) is 2.97. The van der Waals surface area contributed by atoms with E-state index in [9.17, 15) is 0 Å². The highest BCUT2D eigenvalue weighted by atomic mass is 32.2. The largest absolute Gasteiger partial charge is 0.154 e. The Morgan fingerprint density at radius 3 is 2.73 bits per heavy atom. The fourth-order valence-corrected chi connectivity index (χ4v) is 2.53. The molecule has 1 rings (SSSR count). The normalized spacial score (nSPS) is 10.9. The first-order chi connectivity index (χ1) is 5.18. The Labute approximate surface area is 77.0 Å². The van der Waals surface area contributed by atoms with Crippen LogP contribution in [0.5, 0.6) is 0 Å². The van der Waals surface area contributed by atoms with Crippen molar-refractivity contribution < 1.29 is 0 Å². The first kappa shape index (κ1) is 9.14. The van der Waals surface area contributed by atoms with E-state index >= 15 is 0 Å². The Morgan fingerprint density at radius 1 is 1.55 bits per heavy atom. The van der Waals surface area contributed by atoms with Gasteiger partial charge in [-0.05, 0) is 29.2 Å². The van der Waals surface area contributed by atoms with Crippen LogP contribution in [-0.4, -0.2) is 5.25 Å². The second-order valence-electron chi connectivity index (χ2n) is 2.95. The standard InChI is InChI=1S/C9H14S2/c1-7(2)10-6-9-4-8(3)5-11-9/h4-5,7H,6H2,1-3H3. The zero-order chi connectivity index (χ0) is 8.27. The van der Waals surface area contributed by atoms with Crippen LogP contribution in [0.1, 0.15) is 24.3 Å². The third-order valence-corrected chi connectivity index (χ3v) is 3.73. The van der Waals surface area contributed by atoms with E-state index in [0.717, 1.165) is 5.25 Å². The molecule has 0 atom stereocenters. The van der Waals surface area contributed by atoms with Crippen LogP contribution in [-0.2, 0) is 5.75 Å². The van der Waals surface area contributed by atoms with Crippen LogP contribution in [0.3, 0.4) is 0 Å². The van der Waals surface area contributed by atoms with Gasteiger partial charge in [-0.15, -0.1) is 11.3 Å². The molecule has 0 aliphatic heterocycles. The molecule has 0 N–H and O–H groups in total. The lowest BCUT2D eigenvalue weighted by atomic mass is 10.4. The Hall–Kier alpha value is 0.0500. The fourth-order valence-electron chi connectivity index (χ4n) is 0.815. The van der Waals surface area contributed by atoms with Gasteiger partial charge in [0.15, 0.2) is 0 Å². The molecular weight excluding hydrogens is 172 g/mol. The number of hydrogen-bond acceptors (Lipinski definition) is 2. The van der Waals surface area contributed by atoms with Gasteiger partial charge in [-0.3, -0.25) is 0 Å².